The van der Waals surface area contributed by atoms with Gasteiger partial charge < -0.3 is 20.8 Å². The Morgan fingerprint density at radius 3 is 2.76 bits per heavy atom. The van der Waals surface area contributed by atoms with Gasteiger partial charge in [-0.05, 0) is 36.2 Å². The van der Waals surface area contributed by atoms with Gasteiger partial charge in [0, 0.05) is 18.3 Å². The van der Waals surface area contributed by atoms with Crippen LogP contribution in [0.1, 0.15) is 15.9 Å². The van der Waals surface area contributed by atoms with Gasteiger partial charge in [-0.15, -0.1) is 0 Å². The normalized spacial score (nSPS) is 17.4. The summed E-state index contributed by atoms with van der Waals surface area (Å²) in [5, 5.41) is 19.4. The van der Waals surface area contributed by atoms with Gasteiger partial charge in [-0.25, -0.2) is 0 Å². The summed E-state index contributed by atoms with van der Waals surface area (Å²) < 4.78 is 0. The van der Waals surface area contributed by atoms with E-state index < -0.39 is 0 Å². The number of amides is 1. The SMILES string of the molecule is NC1Cc2ccccc2N(C(=O)c2cc(O)ccc2O)C1. The van der Waals surface area contributed by atoms with Crippen LogP contribution in [0.2, 0.25) is 0 Å². The minimum Gasteiger partial charge on any atom is -0.508 e. The van der Waals surface area contributed by atoms with Gasteiger partial charge in [0.2, 0.25) is 0 Å². The number of nitrogens with zero attached hydrogens (tertiary/aromatic N) is 1. The fraction of sp³-hybridized carbons (Fsp3) is 0.188. The average Bonchev–Trinajstić information content (AvgIpc) is 2.48. The summed E-state index contributed by atoms with van der Waals surface area (Å²) in [6.45, 7) is 0.380. The number of para-hydroxylation sites is 1. The number of hydrogen-bond acceptors (Lipinski definition) is 4. The summed E-state index contributed by atoms with van der Waals surface area (Å²) in [7, 11) is 0. The maximum Gasteiger partial charge on any atom is 0.262 e. The van der Waals surface area contributed by atoms with Crippen LogP contribution in [0.3, 0.4) is 0 Å². The highest BCUT2D eigenvalue weighted by Crippen LogP contribution is 2.30. The van der Waals surface area contributed by atoms with Crippen LogP contribution in [0.15, 0.2) is 42.5 Å². The van der Waals surface area contributed by atoms with E-state index in [0.717, 1.165) is 11.3 Å². The topological polar surface area (TPSA) is 86.8 Å². The van der Waals surface area contributed by atoms with E-state index in [1.165, 1.54) is 18.2 Å². The molecule has 0 aliphatic carbocycles. The molecule has 5 heteroatoms. The Morgan fingerprint density at radius 2 is 1.95 bits per heavy atom. The third-order valence-corrected chi connectivity index (χ3v) is 3.64. The molecule has 108 valence electrons. The number of phenolic OH excluding ortho intramolecular Hbond substituents is 2. The van der Waals surface area contributed by atoms with E-state index in [4.69, 9.17) is 5.73 Å². The van der Waals surface area contributed by atoms with Gasteiger partial charge in [0.25, 0.3) is 5.91 Å². The zero-order chi connectivity index (χ0) is 15.0. The predicted molar refractivity (Wildman–Crippen MR) is 79.6 cm³/mol. The summed E-state index contributed by atoms with van der Waals surface area (Å²) in [5.41, 5.74) is 7.89. The zero-order valence-electron chi connectivity index (χ0n) is 11.4. The molecule has 1 amide bonds. The molecule has 1 aliphatic rings. The average molecular weight is 284 g/mol. The van der Waals surface area contributed by atoms with Crippen LogP contribution < -0.4 is 10.6 Å². The Hall–Kier alpha value is -2.53. The standard InChI is InChI=1S/C16H16N2O3/c17-11-7-10-3-1-2-4-14(10)18(9-11)16(21)13-8-12(19)5-6-15(13)20/h1-6,8,11,19-20H,7,9,17H2. The smallest absolute Gasteiger partial charge is 0.262 e. The molecule has 1 unspecified atom stereocenters. The number of hydrogen-bond donors (Lipinski definition) is 3. The zero-order valence-corrected chi connectivity index (χ0v) is 11.4. The Bertz CT molecular complexity index is 700. The van der Waals surface area contributed by atoms with Gasteiger partial charge in [0.15, 0.2) is 0 Å². The van der Waals surface area contributed by atoms with Crippen molar-refractivity contribution >= 4 is 11.6 Å². The number of benzene rings is 2. The number of carbonyl (C=O) groups excluding carboxylic acids is 1. The van der Waals surface area contributed by atoms with Crippen molar-refractivity contribution in [3.05, 3.63) is 53.6 Å². The fourth-order valence-corrected chi connectivity index (χ4v) is 2.66. The Balaban J connectivity index is 2.04. The van der Waals surface area contributed by atoms with Crippen molar-refractivity contribution in [2.45, 2.75) is 12.5 Å². The third kappa shape index (κ3) is 2.43. The van der Waals surface area contributed by atoms with E-state index in [9.17, 15) is 15.0 Å². The summed E-state index contributed by atoms with van der Waals surface area (Å²) in [4.78, 5) is 14.2. The van der Waals surface area contributed by atoms with E-state index in [1.807, 2.05) is 24.3 Å². The van der Waals surface area contributed by atoms with Gasteiger partial charge in [0.1, 0.15) is 11.5 Å². The molecule has 2 aromatic rings. The number of carbonyl (C=O) groups is 1. The number of nitrogens with two attached hydrogens (primary N) is 1. The molecule has 3 rings (SSSR count). The van der Waals surface area contributed by atoms with E-state index in [0.29, 0.717) is 13.0 Å². The Morgan fingerprint density at radius 1 is 1.19 bits per heavy atom. The number of anilines is 1. The second kappa shape index (κ2) is 5.10. The molecule has 21 heavy (non-hydrogen) atoms. The molecule has 0 fully saturated rings. The van der Waals surface area contributed by atoms with Crippen molar-refractivity contribution in [1.82, 2.24) is 0 Å². The molecule has 0 spiro atoms. The Kier molecular flexibility index (Phi) is 3.27. The first-order valence-electron chi connectivity index (χ1n) is 6.73. The molecule has 0 radical (unpaired) electrons. The first kappa shape index (κ1) is 13.5. The molecule has 0 aromatic heterocycles. The quantitative estimate of drug-likeness (QED) is 0.695. The number of rotatable bonds is 1. The van der Waals surface area contributed by atoms with Crippen LogP contribution >= 0.6 is 0 Å². The van der Waals surface area contributed by atoms with Crippen molar-refractivity contribution in [3.63, 3.8) is 0 Å². The molecule has 0 bridgehead atoms. The maximum absolute atomic E-state index is 12.7. The fourth-order valence-electron chi connectivity index (χ4n) is 2.66. The molecular formula is C16H16N2O3. The first-order valence-corrected chi connectivity index (χ1v) is 6.73. The summed E-state index contributed by atoms with van der Waals surface area (Å²) in [6.07, 6.45) is 0.714. The second-order valence-corrected chi connectivity index (χ2v) is 5.21. The van der Waals surface area contributed by atoms with Crippen LogP contribution in [0.25, 0.3) is 0 Å². The second-order valence-electron chi connectivity index (χ2n) is 5.21. The minimum absolute atomic E-state index is 0.0641. The highest BCUT2D eigenvalue weighted by Gasteiger charge is 2.28. The van der Waals surface area contributed by atoms with E-state index >= 15 is 0 Å². The van der Waals surface area contributed by atoms with E-state index in [-0.39, 0.29) is 29.0 Å². The van der Waals surface area contributed by atoms with Crippen LogP contribution in [-0.4, -0.2) is 28.7 Å². The first-order chi connectivity index (χ1) is 10.1. The lowest BCUT2D eigenvalue weighted by atomic mass is 9.97. The van der Waals surface area contributed by atoms with Gasteiger partial charge >= 0.3 is 0 Å². The molecule has 0 saturated carbocycles. The molecule has 2 aromatic carbocycles. The molecule has 4 N–H and O–H groups in total. The highest BCUT2D eigenvalue weighted by molar-refractivity contribution is 6.08. The molecule has 1 atom stereocenters. The molecular weight excluding hydrogens is 268 g/mol. The number of phenols is 2. The predicted octanol–water partition coefficient (Wildman–Crippen LogP) is 1.63. The molecule has 1 aliphatic heterocycles. The largest absolute Gasteiger partial charge is 0.508 e. The van der Waals surface area contributed by atoms with Crippen molar-refractivity contribution in [2.75, 3.05) is 11.4 Å². The maximum atomic E-state index is 12.7. The lowest BCUT2D eigenvalue weighted by Gasteiger charge is -2.33. The summed E-state index contributed by atoms with van der Waals surface area (Å²) >= 11 is 0. The molecule has 0 saturated heterocycles. The van der Waals surface area contributed by atoms with Gasteiger partial charge in [-0.2, -0.15) is 0 Å². The van der Waals surface area contributed by atoms with Crippen LogP contribution in [0, 0.1) is 0 Å². The lowest BCUT2D eigenvalue weighted by Crippen LogP contribution is -2.46. The van der Waals surface area contributed by atoms with E-state index in [1.54, 1.807) is 4.90 Å². The molecule has 5 nitrogen and oxygen atoms in total. The summed E-state index contributed by atoms with van der Waals surface area (Å²) in [5.74, 6) is -0.592. The van der Waals surface area contributed by atoms with Crippen molar-refractivity contribution in [1.29, 1.82) is 0 Å². The summed E-state index contributed by atoms with van der Waals surface area (Å²) in [6, 6.07) is 11.3. The van der Waals surface area contributed by atoms with Gasteiger partial charge in [-0.3, -0.25) is 4.79 Å². The third-order valence-electron chi connectivity index (χ3n) is 3.64. The minimum atomic E-state index is -0.369. The number of fused-ring (bicyclic) bond motifs is 1. The molecule has 1 heterocycles. The van der Waals surface area contributed by atoms with Gasteiger partial charge in [0.05, 0.1) is 5.56 Å². The van der Waals surface area contributed by atoms with E-state index in [2.05, 4.69) is 0 Å². The highest BCUT2D eigenvalue weighted by atomic mass is 16.3. The lowest BCUT2D eigenvalue weighted by molar-refractivity contribution is 0.0980. The van der Waals surface area contributed by atoms with Crippen molar-refractivity contribution < 1.29 is 15.0 Å². The monoisotopic (exact) mass is 284 g/mol. The Labute approximate surface area is 122 Å². The van der Waals surface area contributed by atoms with Crippen LogP contribution in [0.4, 0.5) is 5.69 Å². The number of aromatic hydroxyl groups is 2. The van der Waals surface area contributed by atoms with Crippen molar-refractivity contribution in [3.8, 4) is 11.5 Å². The van der Waals surface area contributed by atoms with Crippen LogP contribution in [0.5, 0.6) is 11.5 Å². The van der Waals surface area contributed by atoms with Gasteiger partial charge in [-0.1, -0.05) is 18.2 Å². The van der Waals surface area contributed by atoms with Crippen molar-refractivity contribution in [2.24, 2.45) is 5.73 Å². The van der Waals surface area contributed by atoms with Crippen LogP contribution in [-0.2, 0) is 6.42 Å².